The summed E-state index contributed by atoms with van der Waals surface area (Å²) >= 11 is 0. The van der Waals surface area contributed by atoms with Crippen LogP contribution in [0.2, 0.25) is 0 Å². The number of nitrogens with zero attached hydrogens (tertiary/aromatic N) is 5. The van der Waals surface area contributed by atoms with Crippen LogP contribution in [0.25, 0.3) is 11.0 Å². The molecule has 1 amide bonds. The highest BCUT2D eigenvalue weighted by Crippen LogP contribution is 2.42. The minimum Gasteiger partial charge on any atom is -0.497 e. The first-order valence-corrected chi connectivity index (χ1v) is 17.1. The Labute approximate surface area is 265 Å². The number of aryl methyl sites for hydroxylation is 2. The quantitative estimate of drug-likeness (QED) is 0.285. The topological polar surface area (TPSA) is 128 Å². The Morgan fingerprint density at radius 2 is 1.76 bits per heavy atom. The highest BCUT2D eigenvalue weighted by molar-refractivity contribution is 7.89. The molecule has 2 aliphatic rings. The summed E-state index contributed by atoms with van der Waals surface area (Å²) < 4.78 is 34.2. The van der Waals surface area contributed by atoms with Crippen LogP contribution in [0.3, 0.4) is 0 Å². The summed E-state index contributed by atoms with van der Waals surface area (Å²) in [5, 5.41) is 0. The number of piperidine rings is 2. The first kappa shape index (κ1) is 31.3. The molecule has 12 heteroatoms. The SMILES string of the molecule is COc1cc(C)c(S(=O)(=O)N(C)C(C)c2nc3c(C(=O)N4CCC5(CCN(Cc6cnc[nH]6)CC5)CC4)cccc3[nH]2)c(C)c1. The van der Waals surface area contributed by atoms with Gasteiger partial charge in [0.05, 0.1) is 35.5 Å². The molecule has 240 valence electrons. The number of aromatic nitrogens is 4. The van der Waals surface area contributed by atoms with Crippen molar-refractivity contribution >= 4 is 27.0 Å². The molecule has 2 N–H and O–H groups in total. The van der Waals surface area contributed by atoms with Crippen LogP contribution in [0.15, 0.2) is 47.8 Å². The second-order valence-corrected chi connectivity index (χ2v) is 14.7. The lowest BCUT2D eigenvalue weighted by atomic mass is 9.71. The first-order valence-electron chi connectivity index (χ1n) is 15.6. The van der Waals surface area contributed by atoms with Crippen molar-refractivity contribution in [3.8, 4) is 5.75 Å². The maximum atomic E-state index is 13.8. The number of hydrogen-bond donors (Lipinski definition) is 2. The van der Waals surface area contributed by atoms with Gasteiger partial charge in [-0.2, -0.15) is 4.31 Å². The van der Waals surface area contributed by atoms with Crippen LogP contribution < -0.4 is 4.74 Å². The Morgan fingerprint density at radius 3 is 2.38 bits per heavy atom. The fourth-order valence-electron chi connectivity index (χ4n) is 7.03. The monoisotopic (exact) mass is 633 g/mol. The highest BCUT2D eigenvalue weighted by Gasteiger charge is 2.39. The number of fused-ring (bicyclic) bond motifs is 1. The van der Waals surface area contributed by atoms with E-state index in [0.717, 1.165) is 64.1 Å². The van der Waals surface area contributed by atoms with Crippen LogP contribution >= 0.6 is 0 Å². The number of likely N-dealkylation sites (tertiary alicyclic amines) is 2. The highest BCUT2D eigenvalue weighted by atomic mass is 32.2. The number of carbonyl (C=O) groups is 1. The van der Waals surface area contributed by atoms with Gasteiger partial charge in [0, 0.05) is 38.6 Å². The Kier molecular flexibility index (Phi) is 8.49. The molecule has 0 aliphatic carbocycles. The van der Waals surface area contributed by atoms with E-state index in [1.165, 1.54) is 4.31 Å². The summed E-state index contributed by atoms with van der Waals surface area (Å²) in [7, 11) is -0.722. The average Bonchev–Trinajstić information content (AvgIpc) is 3.71. The minimum absolute atomic E-state index is 0.0247. The van der Waals surface area contributed by atoms with Crippen LogP contribution in [0.5, 0.6) is 5.75 Å². The van der Waals surface area contributed by atoms with E-state index < -0.39 is 16.1 Å². The van der Waals surface area contributed by atoms with E-state index in [4.69, 9.17) is 9.72 Å². The number of hydrogen-bond acceptors (Lipinski definition) is 7. The zero-order valence-electron chi connectivity index (χ0n) is 26.8. The van der Waals surface area contributed by atoms with Crippen LogP contribution in [-0.4, -0.2) is 88.7 Å². The van der Waals surface area contributed by atoms with Gasteiger partial charge in [-0.3, -0.25) is 9.69 Å². The Balaban J connectivity index is 1.15. The molecule has 2 fully saturated rings. The lowest BCUT2D eigenvalue weighted by Crippen LogP contribution is -2.48. The maximum Gasteiger partial charge on any atom is 0.256 e. The summed E-state index contributed by atoms with van der Waals surface area (Å²) in [6, 6.07) is 8.41. The minimum atomic E-state index is -3.85. The smallest absolute Gasteiger partial charge is 0.256 e. The van der Waals surface area contributed by atoms with E-state index in [9.17, 15) is 13.2 Å². The molecule has 2 aliphatic heterocycles. The molecule has 11 nitrogen and oxygen atoms in total. The molecule has 6 rings (SSSR count). The van der Waals surface area contributed by atoms with Crippen LogP contribution in [0.4, 0.5) is 0 Å². The lowest BCUT2D eigenvalue weighted by molar-refractivity contribution is 0.0283. The van der Waals surface area contributed by atoms with Gasteiger partial charge in [-0.1, -0.05) is 6.07 Å². The van der Waals surface area contributed by atoms with Crippen molar-refractivity contribution in [1.82, 2.24) is 34.0 Å². The number of imidazole rings is 2. The predicted octanol–water partition coefficient (Wildman–Crippen LogP) is 4.81. The second-order valence-electron chi connectivity index (χ2n) is 12.8. The molecule has 4 heterocycles. The standard InChI is InChI=1S/C33H43N7O4S/c1-22-17-26(44-5)18-23(2)30(22)45(42,43)38(4)24(3)31-36-28-8-6-7-27(29(28)37-31)32(41)40-15-11-33(12-16-40)9-13-39(14-10-33)20-25-19-34-21-35-25/h6-8,17-19,21,24H,9-16,20H2,1-5H3,(H,34,35)(H,36,37). The van der Waals surface area contributed by atoms with Crippen molar-refractivity contribution in [3.05, 3.63) is 71.1 Å². The third-order valence-corrected chi connectivity index (χ3v) is 12.2. The van der Waals surface area contributed by atoms with Gasteiger partial charge in [0.25, 0.3) is 5.91 Å². The van der Waals surface area contributed by atoms with Crippen molar-refractivity contribution in [2.45, 2.75) is 63.9 Å². The molecule has 2 aromatic carbocycles. The van der Waals surface area contributed by atoms with Gasteiger partial charge in [0.2, 0.25) is 10.0 Å². The maximum absolute atomic E-state index is 13.8. The number of sulfonamides is 1. The van der Waals surface area contributed by atoms with Crippen molar-refractivity contribution in [2.75, 3.05) is 40.3 Å². The van der Waals surface area contributed by atoms with Gasteiger partial charge < -0.3 is 19.6 Å². The molecule has 0 radical (unpaired) electrons. The fraction of sp³-hybridized carbons (Fsp3) is 0.485. The van der Waals surface area contributed by atoms with Gasteiger partial charge in [-0.05, 0) is 100 Å². The summed E-state index contributed by atoms with van der Waals surface area (Å²) in [5.41, 5.74) is 4.49. The molecular formula is C33H43N7O4S. The fourth-order valence-corrected chi connectivity index (χ4v) is 8.77. The predicted molar refractivity (Wildman–Crippen MR) is 173 cm³/mol. The number of para-hydroxylation sites is 1. The molecule has 1 unspecified atom stereocenters. The molecule has 0 saturated carbocycles. The van der Waals surface area contributed by atoms with Gasteiger partial charge in [-0.15, -0.1) is 0 Å². The zero-order chi connectivity index (χ0) is 31.9. The largest absolute Gasteiger partial charge is 0.497 e. The number of methoxy groups -OCH3 is 1. The van der Waals surface area contributed by atoms with Crippen molar-refractivity contribution in [2.24, 2.45) is 5.41 Å². The third kappa shape index (κ3) is 5.98. The molecule has 1 spiro atoms. The number of aromatic amines is 2. The van der Waals surface area contributed by atoms with Crippen LogP contribution in [0, 0.1) is 19.3 Å². The van der Waals surface area contributed by atoms with Crippen molar-refractivity contribution < 1.29 is 17.9 Å². The molecular weight excluding hydrogens is 590 g/mol. The number of benzene rings is 2. The summed E-state index contributed by atoms with van der Waals surface area (Å²) in [6.07, 6.45) is 7.91. The first-order chi connectivity index (χ1) is 21.5. The third-order valence-electron chi connectivity index (χ3n) is 9.99. The number of amides is 1. The van der Waals surface area contributed by atoms with Gasteiger partial charge in [-0.25, -0.2) is 18.4 Å². The van der Waals surface area contributed by atoms with E-state index >= 15 is 0 Å². The molecule has 45 heavy (non-hydrogen) atoms. The van der Waals surface area contributed by atoms with Gasteiger partial charge >= 0.3 is 0 Å². The number of nitrogens with one attached hydrogen (secondary N) is 2. The van der Waals surface area contributed by atoms with Crippen molar-refractivity contribution in [1.29, 1.82) is 0 Å². The number of rotatable bonds is 8. The molecule has 2 saturated heterocycles. The van der Waals surface area contributed by atoms with Crippen molar-refractivity contribution in [3.63, 3.8) is 0 Å². The molecule has 2 aromatic heterocycles. The summed E-state index contributed by atoms with van der Waals surface area (Å²) in [6.45, 7) is 9.82. The van der Waals surface area contributed by atoms with E-state index in [0.29, 0.717) is 44.7 Å². The van der Waals surface area contributed by atoms with E-state index in [1.807, 2.05) is 29.3 Å². The Morgan fingerprint density at radius 1 is 1.09 bits per heavy atom. The normalized spacial score (nSPS) is 18.1. The van der Waals surface area contributed by atoms with E-state index in [-0.39, 0.29) is 10.8 Å². The molecule has 0 bridgehead atoms. The second kappa shape index (κ2) is 12.2. The molecule has 1 atom stereocenters. The van der Waals surface area contributed by atoms with E-state index in [2.05, 4.69) is 19.9 Å². The zero-order valence-corrected chi connectivity index (χ0v) is 27.6. The molecule has 4 aromatic rings. The summed E-state index contributed by atoms with van der Waals surface area (Å²) in [4.78, 5) is 34.0. The number of H-pyrrole nitrogens is 2. The summed E-state index contributed by atoms with van der Waals surface area (Å²) in [5.74, 6) is 1.08. The van der Waals surface area contributed by atoms with Gasteiger partial charge in [0.15, 0.2) is 0 Å². The van der Waals surface area contributed by atoms with Gasteiger partial charge in [0.1, 0.15) is 17.1 Å². The lowest BCUT2D eigenvalue weighted by Gasteiger charge is -2.46. The van der Waals surface area contributed by atoms with Crippen LogP contribution in [0.1, 0.15) is 71.7 Å². The average molecular weight is 634 g/mol. The number of carbonyl (C=O) groups excluding carboxylic acids is 1. The Bertz CT molecular complexity index is 1760. The van der Waals surface area contributed by atoms with Crippen LogP contribution in [-0.2, 0) is 16.6 Å². The Hall–Kier alpha value is -3.74. The number of ether oxygens (including phenoxy) is 1. The van der Waals surface area contributed by atoms with E-state index in [1.54, 1.807) is 53.4 Å².